The van der Waals surface area contributed by atoms with Crippen LogP contribution in [0.15, 0.2) is 53.3 Å². The zero-order chi connectivity index (χ0) is 20.7. The van der Waals surface area contributed by atoms with Crippen molar-refractivity contribution < 1.29 is 27.6 Å². The van der Waals surface area contributed by atoms with E-state index >= 15 is 0 Å². The summed E-state index contributed by atoms with van der Waals surface area (Å²) in [4.78, 5) is 19.5. The zero-order valence-electron chi connectivity index (χ0n) is 15.0. The highest BCUT2D eigenvalue weighted by atomic mass is 19.4. The molecular formula is C18H17F3N4O3. The molecule has 0 saturated heterocycles. The molecule has 0 aliphatic carbocycles. The maximum absolute atomic E-state index is 10.6. The topological polar surface area (TPSA) is 92.4 Å². The number of halogens is 3. The maximum Gasteiger partial charge on any atom is 0.490 e. The van der Waals surface area contributed by atoms with E-state index in [0.29, 0.717) is 18.1 Å². The summed E-state index contributed by atoms with van der Waals surface area (Å²) in [5.41, 5.74) is 3.05. The van der Waals surface area contributed by atoms with E-state index in [2.05, 4.69) is 15.1 Å². The van der Waals surface area contributed by atoms with E-state index < -0.39 is 12.1 Å². The molecule has 0 fully saturated rings. The molecule has 0 aliphatic rings. The van der Waals surface area contributed by atoms with Crippen LogP contribution in [0.2, 0.25) is 0 Å². The van der Waals surface area contributed by atoms with Crippen molar-refractivity contribution >= 4 is 11.7 Å². The Balaban J connectivity index is 0.000000345. The number of aromatic nitrogens is 3. The first kappa shape index (κ1) is 20.9. The summed E-state index contributed by atoms with van der Waals surface area (Å²) < 4.78 is 37.1. The highest BCUT2D eigenvalue weighted by Gasteiger charge is 2.38. The van der Waals surface area contributed by atoms with Crippen LogP contribution < -0.4 is 4.90 Å². The van der Waals surface area contributed by atoms with Crippen LogP contribution in [0, 0.1) is 0 Å². The Morgan fingerprint density at radius 3 is 2.43 bits per heavy atom. The molecule has 1 N–H and O–H groups in total. The molecule has 2 aromatic heterocycles. The lowest BCUT2D eigenvalue weighted by molar-refractivity contribution is -0.192. The van der Waals surface area contributed by atoms with E-state index in [1.807, 2.05) is 61.6 Å². The van der Waals surface area contributed by atoms with Crippen LogP contribution in [-0.2, 0) is 11.2 Å². The molecule has 3 rings (SSSR count). The van der Waals surface area contributed by atoms with Gasteiger partial charge in [0.15, 0.2) is 5.82 Å². The van der Waals surface area contributed by atoms with E-state index in [-0.39, 0.29) is 0 Å². The van der Waals surface area contributed by atoms with Crippen LogP contribution in [0.25, 0.3) is 11.5 Å². The average molecular weight is 394 g/mol. The van der Waals surface area contributed by atoms with Gasteiger partial charge in [0.25, 0.3) is 5.89 Å². The van der Waals surface area contributed by atoms with Gasteiger partial charge >= 0.3 is 12.1 Å². The first-order valence-corrected chi connectivity index (χ1v) is 7.97. The monoisotopic (exact) mass is 394 g/mol. The highest BCUT2D eigenvalue weighted by Crippen LogP contribution is 2.28. The van der Waals surface area contributed by atoms with Crippen molar-refractivity contribution in [3.05, 3.63) is 60.2 Å². The molecule has 0 saturated carbocycles. The quantitative estimate of drug-likeness (QED) is 0.725. The fraction of sp³-hybridized carbons (Fsp3) is 0.222. The van der Waals surface area contributed by atoms with Crippen molar-refractivity contribution in [2.45, 2.75) is 12.6 Å². The molecule has 10 heteroatoms. The number of carboxylic acids is 1. The molecule has 3 aromatic rings. The SMILES string of the molecule is CN(C)c1ccccc1-c1nc(Cc2cccnc2)no1.O=C(O)C(F)(F)F. The Bertz CT molecular complexity index is 912. The minimum absolute atomic E-state index is 0.540. The minimum Gasteiger partial charge on any atom is -0.475 e. The standard InChI is InChI=1S/C16H16N4O.C2HF3O2/c1-20(2)14-8-4-3-7-13(14)16-18-15(19-21-16)10-12-6-5-9-17-11-12;3-2(4,5)1(6)7/h3-9,11H,10H2,1-2H3;(H,6,7). The van der Waals surface area contributed by atoms with Gasteiger partial charge in [0, 0.05) is 38.6 Å². The lowest BCUT2D eigenvalue weighted by atomic mass is 10.1. The molecule has 148 valence electrons. The summed E-state index contributed by atoms with van der Waals surface area (Å²) in [6.07, 6.45) is -0.913. The third-order valence-electron chi connectivity index (χ3n) is 3.41. The second-order valence-corrected chi connectivity index (χ2v) is 5.77. The van der Waals surface area contributed by atoms with Gasteiger partial charge in [-0.3, -0.25) is 4.98 Å². The molecule has 0 radical (unpaired) electrons. The normalized spacial score (nSPS) is 10.8. The maximum atomic E-state index is 10.6. The lowest BCUT2D eigenvalue weighted by Gasteiger charge is -2.14. The summed E-state index contributed by atoms with van der Waals surface area (Å²) >= 11 is 0. The van der Waals surface area contributed by atoms with E-state index in [1.54, 1.807) is 6.20 Å². The van der Waals surface area contributed by atoms with Gasteiger partial charge in [-0.05, 0) is 23.8 Å². The first-order valence-electron chi connectivity index (χ1n) is 7.97. The molecular weight excluding hydrogens is 377 g/mol. The van der Waals surface area contributed by atoms with Gasteiger partial charge in [0.1, 0.15) is 0 Å². The Morgan fingerprint density at radius 2 is 1.86 bits per heavy atom. The van der Waals surface area contributed by atoms with Gasteiger partial charge in [-0.1, -0.05) is 23.4 Å². The molecule has 0 amide bonds. The molecule has 0 unspecified atom stereocenters. The molecule has 7 nitrogen and oxygen atoms in total. The van der Waals surface area contributed by atoms with E-state index in [0.717, 1.165) is 16.8 Å². The van der Waals surface area contributed by atoms with Crippen LogP contribution in [-0.4, -0.2) is 46.5 Å². The number of alkyl halides is 3. The van der Waals surface area contributed by atoms with E-state index in [1.165, 1.54) is 0 Å². The van der Waals surface area contributed by atoms with Gasteiger partial charge in [-0.2, -0.15) is 18.2 Å². The van der Waals surface area contributed by atoms with Crippen LogP contribution in [0.5, 0.6) is 0 Å². The minimum atomic E-state index is -5.08. The van der Waals surface area contributed by atoms with Crippen molar-refractivity contribution in [2.75, 3.05) is 19.0 Å². The number of anilines is 1. The fourth-order valence-corrected chi connectivity index (χ4v) is 2.16. The fourth-order valence-electron chi connectivity index (χ4n) is 2.16. The summed E-state index contributed by atoms with van der Waals surface area (Å²) in [5.74, 6) is -1.56. The third-order valence-corrected chi connectivity index (χ3v) is 3.41. The van der Waals surface area contributed by atoms with Gasteiger partial charge in [0.2, 0.25) is 0 Å². The van der Waals surface area contributed by atoms with Crippen molar-refractivity contribution in [1.82, 2.24) is 15.1 Å². The Morgan fingerprint density at radius 1 is 1.18 bits per heavy atom. The number of pyridine rings is 1. The molecule has 0 atom stereocenters. The van der Waals surface area contributed by atoms with Gasteiger partial charge < -0.3 is 14.5 Å². The van der Waals surface area contributed by atoms with Crippen LogP contribution >= 0.6 is 0 Å². The van der Waals surface area contributed by atoms with Crippen molar-refractivity contribution in [3.63, 3.8) is 0 Å². The van der Waals surface area contributed by atoms with E-state index in [4.69, 9.17) is 14.4 Å². The Kier molecular flexibility index (Phi) is 6.69. The Hall–Kier alpha value is -3.43. The first-order chi connectivity index (χ1) is 13.2. The number of aliphatic carboxylic acids is 1. The molecule has 0 bridgehead atoms. The molecule has 28 heavy (non-hydrogen) atoms. The number of nitrogens with zero attached hydrogens (tertiary/aromatic N) is 4. The molecule has 1 aromatic carbocycles. The van der Waals surface area contributed by atoms with Crippen LogP contribution in [0.1, 0.15) is 11.4 Å². The number of carboxylic acid groups (broad SMARTS) is 1. The predicted molar refractivity (Wildman–Crippen MR) is 94.8 cm³/mol. The zero-order valence-corrected chi connectivity index (χ0v) is 15.0. The lowest BCUT2D eigenvalue weighted by Crippen LogP contribution is -2.21. The summed E-state index contributed by atoms with van der Waals surface area (Å²) in [6, 6.07) is 11.9. The van der Waals surface area contributed by atoms with Crippen molar-refractivity contribution in [2.24, 2.45) is 0 Å². The highest BCUT2D eigenvalue weighted by molar-refractivity contribution is 5.73. The third kappa shape index (κ3) is 5.79. The smallest absolute Gasteiger partial charge is 0.475 e. The molecule has 0 aliphatic heterocycles. The largest absolute Gasteiger partial charge is 0.490 e. The van der Waals surface area contributed by atoms with Crippen molar-refractivity contribution in [1.29, 1.82) is 0 Å². The number of hydrogen-bond donors (Lipinski definition) is 1. The van der Waals surface area contributed by atoms with Crippen LogP contribution in [0.4, 0.5) is 18.9 Å². The van der Waals surface area contributed by atoms with Gasteiger partial charge in [0.05, 0.1) is 5.56 Å². The summed E-state index contributed by atoms with van der Waals surface area (Å²) in [7, 11) is 3.98. The second-order valence-electron chi connectivity index (χ2n) is 5.77. The number of para-hydroxylation sites is 1. The second kappa shape index (κ2) is 8.98. The van der Waals surface area contributed by atoms with Crippen molar-refractivity contribution in [3.8, 4) is 11.5 Å². The molecule has 0 spiro atoms. The number of carbonyl (C=O) groups is 1. The Labute approximate surface area is 158 Å². The van der Waals surface area contributed by atoms with Gasteiger partial charge in [-0.25, -0.2) is 4.79 Å². The predicted octanol–water partition coefficient (Wildman–Crippen LogP) is 3.42. The number of benzene rings is 1. The van der Waals surface area contributed by atoms with E-state index in [9.17, 15) is 13.2 Å². The molecule has 2 heterocycles. The number of rotatable bonds is 4. The number of hydrogen-bond acceptors (Lipinski definition) is 6. The average Bonchev–Trinajstić information content (AvgIpc) is 3.10. The summed E-state index contributed by atoms with van der Waals surface area (Å²) in [5, 5.41) is 11.2. The summed E-state index contributed by atoms with van der Waals surface area (Å²) in [6.45, 7) is 0. The van der Waals surface area contributed by atoms with Crippen LogP contribution in [0.3, 0.4) is 0 Å². The van der Waals surface area contributed by atoms with Gasteiger partial charge in [-0.15, -0.1) is 0 Å².